The first kappa shape index (κ1) is 18.3. The molecule has 0 fully saturated rings. The molecule has 0 amide bonds. The van der Waals surface area contributed by atoms with Gasteiger partial charge >= 0.3 is 0 Å². The number of ether oxygens (including phenoxy) is 2. The van der Waals surface area contributed by atoms with Crippen LogP contribution in [-0.4, -0.2) is 71.5 Å². The molecule has 1 rings (SSSR count). The van der Waals surface area contributed by atoms with Gasteiger partial charge in [-0.05, 0) is 14.1 Å². The Labute approximate surface area is 132 Å². The standard InChI is InChI=1S/C14H28N4O2S/c1-17(2)7-8-18(3)14-16-12(11-20-5)13(21-14)10-15-6-9-19-4/h15H,6-11H2,1-5H3. The zero-order valence-electron chi connectivity index (χ0n) is 13.8. The van der Waals surface area contributed by atoms with Crippen LogP contribution in [0.3, 0.4) is 0 Å². The highest BCUT2D eigenvalue weighted by molar-refractivity contribution is 7.15. The number of anilines is 1. The Morgan fingerprint density at radius 2 is 1.90 bits per heavy atom. The highest BCUT2D eigenvalue weighted by atomic mass is 32.1. The first-order chi connectivity index (χ1) is 10.1. The van der Waals surface area contributed by atoms with E-state index in [1.54, 1.807) is 25.6 Å². The van der Waals surface area contributed by atoms with Crippen LogP contribution in [0.4, 0.5) is 5.13 Å². The number of thiazole rings is 1. The van der Waals surface area contributed by atoms with Crippen molar-refractivity contribution in [3.8, 4) is 0 Å². The molecule has 1 aromatic rings. The van der Waals surface area contributed by atoms with Gasteiger partial charge in [-0.3, -0.25) is 0 Å². The summed E-state index contributed by atoms with van der Waals surface area (Å²) in [5, 5.41) is 4.42. The van der Waals surface area contributed by atoms with E-state index in [0.29, 0.717) is 13.2 Å². The van der Waals surface area contributed by atoms with Crippen molar-refractivity contribution in [3.05, 3.63) is 10.6 Å². The van der Waals surface area contributed by atoms with Crippen molar-refractivity contribution in [1.29, 1.82) is 0 Å². The van der Waals surface area contributed by atoms with Crippen molar-refractivity contribution >= 4 is 16.5 Å². The van der Waals surface area contributed by atoms with Crippen molar-refractivity contribution in [1.82, 2.24) is 15.2 Å². The largest absolute Gasteiger partial charge is 0.383 e. The molecule has 0 aliphatic carbocycles. The number of nitrogens with one attached hydrogen (secondary N) is 1. The van der Waals surface area contributed by atoms with Gasteiger partial charge in [-0.15, -0.1) is 11.3 Å². The second kappa shape index (κ2) is 10.1. The van der Waals surface area contributed by atoms with Gasteiger partial charge < -0.3 is 24.6 Å². The summed E-state index contributed by atoms with van der Waals surface area (Å²) >= 11 is 1.73. The fraction of sp³-hybridized carbons (Fsp3) is 0.786. The maximum atomic E-state index is 5.25. The molecule has 0 saturated carbocycles. The molecule has 0 aliphatic heterocycles. The minimum atomic E-state index is 0.555. The molecule has 0 bridgehead atoms. The van der Waals surface area contributed by atoms with Crippen molar-refractivity contribution in [2.75, 3.05) is 66.5 Å². The number of methoxy groups -OCH3 is 2. The van der Waals surface area contributed by atoms with Gasteiger partial charge in [0.2, 0.25) is 0 Å². The highest BCUT2D eigenvalue weighted by Gasteiger charge is 2.13. The average molecular weight is 316 g/mol. The molecule has 21 heavy (non-hydrogen) atoms. The quantitative estimate of drug-likeness (QED) is 0.615. The van der Waals surface area contributed by atoms with Crippen LogP contribution in [0.25, 0.3) is 0 Å². The van der Waals surface area contributed by atoms with Gasteiger partial charge in [-0.2, -0.15) is 0 Å². The normalized spacial score (nSPS) is 11.3. The molecule has 0 unspecified atom stereocenters. The molecule has 0 radical (unpaired) electrons. The minimum Gasteiger partial charge on any atom is -0.383 e. The Hall–Kier alpha value is -0.730. The lowest BCUT2D eigenvalue weighted by Gasteiger charge is -2.18. The third-order valence-corrected chi connectivity index (χ3v) is 4.24. The molecule has 7 heteroatoms. The zero-order valence-corrected chi connectivity index (χ0v) is 14.6. The second-order valence-electron chi connectivity index (χ2n) is 5.19. The summed E-state index contributed by atoms with van der Waals surface area (Å²) in [5.41, 5.74) is 1.03. The molecular weight excluding hydrogens is 288 g/mol. The van der Waals surface area contributed by atoms with Gasteiger partial charge in [0.1, 0.15) is 0 Å². The third kappa shape index (κ3) is 6.71. The fourth-order valence-electron chi connectivity index (χ4n) is 1.74. The summed E-state index contributed by atoms with van der Waals surface area (Å²) in [7, 11) is 9.66. The molecule has 122 valence electrons. The van der Waals surface area contributed by atoms with E-state index in [0.717, 1.165) is 37.0 Å². The third-order valence-electron chi connectivity index (χ3n) is 3.03. The summed E-state index contributed by atoms with van der Waals surface area (Å²) < 4.78 is 10.3. The Bertz CT molecular complexity index is 398. The fourth-order valence-corrected chi connectivity index (χ4v) is 2.76. The van der Waals surface area contributed by atoms with E-state index >= 15 is 0 Å². The van der Waals surface area contributed by atoms with Gasteiger partial charge in [-0.25, -0.2) is 4.98 Å². The van der Waals surface area contributed by atoms with E-state index in [4.69, 9.17) is 14.5 Å². The lowest BCUT2D eigenvalue weighted by Crippen LogP contribution is -2.28. The van der Waals surface area contributed by atoms with E-state index in [2.05, 4.69) is 36.3 Å². The first-order valence-electron chi connectivity index (χ1n) is 7.11. The molecule has 6 nitrogen and oxygen atoms in total. The molecular formula is C14H28N4O2S. The molecule has 0 spiro atoms. The van der Waals surface area contributed by atoms with Gasteiger partial charge in [0.05, 0.1) is 18.9 Å². The number of hydrogen-bond donors (Lipinski definition) is 1. The van der Waals surface area contributed by atoms with Gasteiger partial charge in [0.15, 0.2) is 5.13 Å². The Morgan fingerprint density at radius 3 is 2.52 bits per heavy atom. The lowest BCUT2D eigenvalue weighted by molar-refractivity contribution is 0.181. The minimum absolute atomic E-state index is 0.555. The molecule has 1 N–H and O–H groups in total. The molecule has 0 saturated heterocycles. The predicted molar refractivity (Wildman–Crippen MR) is 88.2 cm³/mol. The van der Waals surface area contributed by atoms with Crippen LogP contribution in [0.1, 0.15) is 10.6 Å². The van der Waals surface area contributed by atoms with E-state index in [-0.39, 0.29) is 0 Å². The summed E-state index contributed by atoms with van der Waals surface area (Å²) in [6, 6.07) is 0. The van der Waals surface area contributed by atoms with Crippen LogP contribution >= 0.6 is 11.3 Å². The predicted octanol–water partition coefficient (Wildman–Crippen LogP) is 1.02. The monoisotopic (exact) mass is 316 g/mol. The van der Waals surface area contributed by atoms with Crippen LogP contribution in [-0.2, 0) is 22.6 Å². The van der Waals surface area contributed by atoms with E-state index < -0.39 is 0 Å². The SMILES string of the molecule is COCCNCc1sc(N(C)CCN(C)C)nc1COC. The van der Waals surface area contributed by atoms with Crippen molar-refractivity contribution in [3.63, 3.8) is 0 Å². The van der Waals surface area contributed by atoms with Crippen LogP contribution in [0.5, 0.6) is 0 Å². The summed E-state index contributed by atoms with van der Waals surface area (Å²) in [6.45, 7) is 4.89. The summed E-state index contributed by atoms with van der Waals surface area (Å²) in [4.78, 5) is 10.3. The maximum Gasteiger partial charge on any atom is 0.185 e. The van der Waals surface area contributed by atoms with Crippen LogP contribution in [0.2, 0.25) is 0 Å². The molecule has 0 atom stereocenters. The Morgan fingerprint density at radius 1 is 1.14 bits per heavy atom. The van der Waals surface area contributed by atoms with Gasteiger partial charge in [0.25, 0.3) is 0 Å². The van der Waals surface area contributed by atoms with E-state index in [9.17, 15) is 0 Å². The van der Waals surface area contributed by atoms with Crippen molar-refractivity contribution < 1.29 is 9.47 Å². The van der Waals surface area contributed by atoms with Gasteiger partial charge in [-0.1, -0.05) is 0 Å². The van der Waals surface area contributed by atoms with Crippen molar-refractivity contribution in [2.24, 2.45) is 0 Å². The van der Waals surface area contributed by atoms with E-state index in [1.165, 1.54) is 4.88 Å². The van der Waals surface area contributed by atoms with Gasteiger partial charge in [0, 0.05) is 52.3 Å². The topological polar surface area (TPSA) is 49.9 Å². The lowest BCUT2D eigenvalue weighted by atomic mass is 10.3. The Kier molecular flexibility index (Phi) is 8.79. The number of likely N-dealkylation sites (N-methyl/N-ethyl adjacent to an activating group) is 2. The van der Waals surface area contributed by atoms with E-state index in [1.807, 2.05) is 0 Å². The maximum absolute atomic E-state index is 5.25. The van der Waals surface area contributed by atoms with Crippen LogP contribution in [0, 0.1) is 0 Å². The highest BCUT2D eigenvalue weighted by Crippen LogP contribution is 2.26. The number of nitrogens with zero attached hydrogens (tertiary/aromatic N) is 3. The number of aromatic nitrogens is 1. The second-order valence-corrected chi connectivity index (χ2v) is 6.26. The molecule has 0 aromatic carbocycles. The smallest absolute Gasteiger partial charge is 0.185 e. The van der Waals surface area contributed by atoms with Crippen molar-refractivity contribution in [2.45, 2.75) is 13.2 Å². The Balaban J connectivity index is 2.63. The molecule has 1 aromatic heterocycles. The molecule has 0 aliphatic rings. The number of rotatable bonds is 11. The summed E-state index contributed by atoms with van der Waals surface area (Å²) in [6.07, 6.45) is 0. The zero-order chi connectivity index (χ0) is 15.7. The van der Waals surface area contributed by atoms with Crippen LogP contribution < -0.4 is 10.2 Å². The molecule has 1 heterocycles. The number of hydrogen-bond acceptors (Lipinski definition) is 7. The summed E-state index contributed by atoms with van der Waals surface area (Å²) in [5.74, 6) is 0. The first-order valence-corrected chi connectivity index (χ1v) is 7.93. The van der Waals surface area contributed by atoms with Crippen LogP contribution in [0.15, 0.2) is 0 Å². The average Bonchev–Trinajstić information content (AvgIpc) is 2.85.